The number of fused-ring (bicyclic) bond motifs is 1. The first-order valence-electron chi connectivity index (χ1n) is 13.3. The SMILES string of the molecule is Nc1ncc(CN2CCC(F)(C(=O)N3CCC(n4c(-c5ccccn5)nc5cc(Br)ccc54)CC3)CC2)cn1. The molecular weight excluding hydrogens is 563 g/mol. The number of anilines is 1. The van der Waals surface area contributed by atoms with Gasteiger partial charge in [0.2, 0.25) is 5.95 Å². The van der Waals surface area contributed by atoms with Crippen LogP contribution in [0.3, 0.4) is 0 Å². The van der Waals surface area contributed by atoms with Gasteiger partial charge in [-0.15, -0.1) is 0 Å². The molecule has 11 heteroatoms. The number of hydrogen-bond acceptors (Lipinski definition) is 7. The number of benzene rings is 1. The zero-order valence-corrected chi connectivity index (χ0v) is 23.1. The highest BCUT2D eigenvalue weighted by molar-refractivity contribution is 9.10. The van der Waals surface area contributed by atoms with E-state index in [1.54, 1.807) is 23.5 Å². The summed E-state index contributed by atoms with van der Waals surface area (Å²) in [5.74, 6) is 0.673. The number of piperidine rings is 2. The molecule has 9 nitrogen and oxygen atoms in total. The molecule has 1 aromatic carbocycles. The van der Waals surface area contributed by atoms with Gasteiger partial charge in [0, 0.05) is 80.2 Å². The lowest BCUT2D eigenvalue weighted by atomic mass is 9.90. The molecule has 2 fully saturated rings. The minimum absolute atomic E-state index is 0.136. The number of likely N-dealkylation sites (tertiary alicyclic amines) is 2. The van der Waals surface area contributed by atoms with Crippen molar-refractivity contribution in [2.75, 3.05) is 31.9 Å². The van der Waals surface area contributed by atoms with Crippen molar-refractivity contribution < 1.29 is 9.18 Å². The van der Waals surface area contributed by atoms with E-state index >= 15 is 4.39 Å². The molecular formula is C28H30BrFN8O. The summed E-state index contributed by atoms with van der Waals surface area (Å²) < 4.78 is 19.1. The highest BCUT2D eigenvalue weighted by Crippen LogP contribution is 2.36. The Hall–Kier alpha value is -3.44. The quantitative estimate of drug-likeness (QED) is 0.366. The van der Waals surface area contributed by atoms with Gasteiger partial charge in [-0.3, -0.25) is 14.7 Å². The molecule has 0 atom stereocenters. The Morgan fingerprint density at radius 3 is 2.49 bits per heavy atom. The van der Waals surface area contributed by atoms with Gasteiger partial charge in [0.15, 0.2) is 11.5 Å². The number of pyridine rings is 1. The second-order valence-corrected chi connectivity index (χ2v) is 11.3. The average Bonchev–Trinajstić information content (AvgIpc) is 3.34. The lowest BCUT2D eigenvalue weighted by Gasteiger charge is -2.40. The first kappa shape index (κ1) is 25.8. The monoisotopic (exact) mass is 592 g/mol. The van der Waals surface area contributed by atoms with Crippen molar-refractivity contribution in [2.24, 2.45) is 0 Å². The van der Waals surface area contributed by atoms with Crippen molar-refractivity contribution in [1.82, 2.24) is 34.3 Å². The number of alkyl halides is 1. The van der Waals surface area contributed by atoms with Gasteiger partial charge in [-0.05, 0) is 43.2 Å². The van der Waals surface area contributed by atoms with Gasteiger partial charge < -0.3 is 15.2 Å². The van der Waals surface area contributed by atoms with Gasteiger partial charge in [0.05, 0.1) is 11.0 Å². The summed E-state index contributed by atoms with van der Waals surface area (Å²) in [5.41, 5.74) is 7.39. The molecule has 2 aliphatic heterocycles. The Bertz CT molecular complexity index is 1460. The number of carbonyl (C=O) groups excluding carboxylic acids is 1. The zero-order chi connectivity index (χ0) is 27.0. The Morgan fingerprint density at radius 1 is 1.05 bits per heavy atom. The van der Waals surface area contributed by atoms with Gasteiger partial charge >= 0.3 is 0 Å². The summed E-state index contributed by atoms with van der Waals surface area (Å²) in [6, 6.07) is 12.0. The van der Waals surface area contributed by atoms with Crippen LogP contribution < -0.4 is 5.73 Å². The van der Waals surface area contributed by atoms with Gasteiger partial charge in [0.25, 0.3) is 5.91 Å². The standard InChI is InChI=1S/C28H30BrFN8O/c29-20-4-5-24-23(15-20)35-25(22-3-1-2-10-32-22)38(24)21-6-11-37(12-7-21)26(39)28(30)8-13-36(14-9-28)18-19-16-33-27(31)34-17-19/h1-5,10,15-17,21H,6-9,11-14,18H2,(H2,31,33,34). The second kappa shape index (κ2) is 10.6. The summed E-state index contributed by atoms with van der Waals surface area (Å²) in [6.07, 6.45) is 6.98. The number of carbonyl (C=O) groups is 1. The molecule has 0 radical (unpaired) electrons. The fourth-order valence-corrected chi connectivity index (χ4v) is 6.06. The molecule has 0 aliphatic carbocycles. The van der Waals surface area contributed by atoms with E-state index in [4.69, 9.17) is 10.7 Å². The van der Waals surface area contributed by atoms with E-state index in [1.807, 2.05) is 30.3 Å². The summed E-state index contributed by atoms with van der Waals surface area (Å²) >= 11 is 3.55. The minimum Gasteiger partial charge on any atom is -0.368 e. The Balaban J connectivity index is 1.13. The lowest BCUT2D eigenvalue weighted by Crippen LogP contribution is -2.53. The molecule has 0 spiro atoms. The molecule has 39 heavy (non-hydrogen) atoms. The van der Waals surface area contributed by atoms with Crippen LogP contribution in [0.5, 0.6) is 0 Å². The molecule has 3 aromatic heterocycles. The molecule has 0 saturated carbocycles. The van der Waals surface area contributed by atoms with Crippen LogP contribution in [-0.4, -0.2) is 72.1 Å². The second-order valence-electron chi connectivity index (χ2n) is 10.4. The first-order chi connectivity index (χ1) is 18.9. The number of nitrogen functional groups attached to an aromatic ring is 1. The number of halogens is 2. The van der Waals surface area contributed by atoms with E-state index < -0.39 is 5.67 Å². The summed E-state index contributed by atoms with van der Waals surface area (Å²) in [5, 5.41) is 0. The van der Waals surface area contributed by atoms with Crippen molar-refractivity contribution in [1.29, 1.82) is 0 Å². The lowest BCUT2D eigenvalue weighted by molar-refractivity contribution is -0.148. The Morgan fingerprint density at radius 2 is 1.79 bits per heavy atom. The molecule has 2 N–H and O–H groups in total. The predicted molar refractivity (Wildman–Crippen MR) is 150 cm³/mol. The van der Waals surface area contributed by atoms with E-state index in [2.05, 4.69) is 46.4 Å². The summed E-state index contributed by atoms with van der Waals surface area (Å²) in [7, 11) is 0. The maximum Gasteiger partial charge on any atom is 0.260 e. The third kappa shape index (κ3) is 5.25. The minimum atomic E-state index is -1.83. The van der Waals surface area contributed by atoms with E-state index in [0.29, 0.717) is 32.7 Å². The van der Waals surface area contributed by atoms with Crippen LogP contribution in [0.25, 0.3) is 22.6 Å². The molecule has 0 bridgehead atoms. The van der Waals surface area contributed by atoms with E-state index in [9.17, 15) is 4.79 Å². The third-order valence-electron chi connectivity index (χ3n) is 7.83. The number of nitrogens with two attached hydrogens (primary N) is 1. The van der Waals surface area contributed by atoms with Crippen LogP contribution in [0.15, 0.2) is 59.5 Å². The summed E-state index contributed by atoms with van der Waals surface area (Å²) in [6.45, 7) is 2.66. The van der Waals surface area contributed by atoms with Crippen LogP contribution in [0.2, 0.25) is 0 Å². The largest absolute Gasteiger partial charge is 0.368 e. The van der Waals surface area contributed by atoms with E-state index in [-0.39, 0.29) is 30.7 Å². The maximum atomic E-state index is 15.9. The van der Waals surface area contributed by atoms with Crippen molar-refractivity contribution >= 4 is 38.8 Å². The average molecular weight is 594 g/mol. The Labute approximate surface area is 234 Å². The van der Waals surface area contributed by atoms with E-state index in [0.717, 1.165) is 45.4 Å². The van der Waals surface area contributed by atoms with Crippen molar-refractivity contribution in [3.05, 3.63) is 65.0 Å². The maximum absolute atomic E-state index is 15.9. The van der Waals surface area contributed by atoms with Crippen molar-refractivity contribution in [3.8, 4) is 11.5 Å². The number of imidazole rings is 1. The summed E-state index contributed by atoms with van der Waals surface area (Å²) in [4.78, 5) is 34.7. The van der Waals surface area contributed by atoms with E-state index in [1.165, 1.54) is 0 Å². The van der Waals surface area contributed by atoms with Crippen LogP contribution in [0.1, 0.15) is 37.3 Å². The first-order valence-corrected chi connectivity index (χ1v) is 14.0. The zero-order valence-electron chi connectivity index (χ0n) is 21.5. The van der Waals surface area contributed by atoms with Crippen LogP contribution >= 0.6 is 15.9 Å². The molecule has 5 heterocycles. The van der Waals surface area contributed by atoms with Gasteiger partial charge in [-0.25, -0.2) is 19.3 Å². The number of rotatable bonds is 5. The van der Waals surface area contributed by atoms with Gasteiger partial charge in [0.1, 0.15) is 5.69 Å². The highest BCUT2D eigenvalue weighted by Gasteiger charge is 2.45. The molecule has 202 valence electrons. The smallest absolute Gasteiger partial charge is 0.260 e. The number of nitrogens with zero attached hydrogens (tertiary/aromatic N) is 7. The molecule has 0 unspecified atom stereocenters. The molecule has 4 aromatic rings. The van der Waals surface area contributed by atoms with Gasteiger partial charge in [-0.2, -0.15) is 0 Å². The number of hydrogen-bond donors (Lipinski definition) is 1. The fraction of sp³-hybridized carbons (Fsp3) is 0.393. The van der Waals surface area contributed by atoms with Crippen molar-refractivity contribution in [3.63, 3.8) is 0 Å². The van der Waals surface area contributed by atoms with Crippen LogP contribution in [0, 0.1) is 0 Å². The number of amides is 1. The fourth-order valence-electron chi connectivity index (χ4n) is 5.71. The van der Waals surface area contributed by atoms with Gasteiger partial charge in [-0.1, -0.05) is 22.0 Å². The molecule has 6 rings (SSSR count). The molecule has 2 aliphatic rings. The van der Waals surface area contributed by atoms with Crippen molar-refractivity contribution in [2.45, 2.75) is 43.9 Å². The topological polar surface area (TPSA) is 106 Å². The van der Waals surface area contributed by atoms with Crippen LogP contribution in [-0.2, 0) is 11.3 Å². The Kier molecular flexibility index (Phi) is 7.03. The third-order valence-corrected chi connectivity index (χ3v) is 8.32. The molecule has 2 saturated heterocycles. The highest BCUT2D eigenvalue weighted by atomic mass is 79.9. The van der Waals surface area contributed by atoms with Crippen LogP contribution in [0.4, 0.5) is 10.3 Å². The molecule has 1 amide bonds. The number of aromatic nitrogens is 5. The predicted octanol–water partition coefficient (Wildman–Crippen LogP) is 4.40. The normalized spacial score (nSPS) is 18.5.